The van der Waals surface area contributed by atoms with Gasteiger partial charge in [-0.25, -0.2) is 4.98 Å². The molecule has 1 aromatic rings. The maximum atomic E-state index is 6.04. The molecule has 4 heteroatoms. The third-order valence-corrected chi connectivity index (χ3v) is 3.42. The fourth-order valence-electron chi connectivity index (χ4n) is 2.50. The van der Waals surface area contributed by atoms with E-state index in [9.17, 15) is 0 Å². The Balaban J connectivity index is 1.90. The Kier molecular flexibility index (Phi) is 2.25. The molecule has 0 bridgehead atoms. The number of hydrogen-bond donors (Lipinski definition) is 1. The number of hydrogen-bond acceptors (Lipinski definition) is 3. The Morgan fingerprint density at radius 1 is 1.47 bits per heavy atom. The Hall–Kier alpha value is -0.870. The van der Waals surface area contributed by atoms with Gasteiger partial charge in [0.15, 0.2) is 0 Å². The second kappa shape index (κ2) is 3.61. The van der Waals surface area contributed by atoms with Crippen molar-refractivity contribution in [1.29, 1.82) is 0 Å². The summed E-state index contributed by atoms with van der Waals surface area (Å²) in [6, 6.07) is 0.134. The summed E-state index contributed by atoms with van der Waals surface area (Å²) in [7, 11) is 0. The molecule has 1 fully saturated rings. The average molecular weight is 207 g/mol. The lowest BCUT2D eigenvalue weighted by atomic mass is 10.1. The molecule has 1 aromatic heterocycles. The number of fused-ring (bicyclic) bond motifs is 1. The van der Waals surface area contributed by atoms with Crippen LogP contribution < -0.4 is 5.73 Å². The molecule has 0 saturated carbocycles. The standard InChI is InChI=1S/C11H17N3O/c12-9-2-1-4-14-6-10(13-11(9)14)8-3-5-15-7-8/h6,8-9H,1-5,7,12H2. The maximum Gasteiger partial charge on any atom is 0.125 e. The van der Waals surface area contributed by atoms with Gasteiger partial charge in [0.05, 0.1) is 18.3 Å². The third-order valence-electron chi connectivity index (χ3n) is 3.42. The second-order valence-electron chi connectivity index (χ2n) is 4.53. The summed E-state index contributed by atoms with van der Waals surface area (Å²) in [5.41, 5.74) is 7.22. The van der Waals surface area contributed by atoms with Gasteiger partial charge in [-0.15, -0.1) is 0 Å². The van der Waals surface area contributed by atoms with Gasteiger partial charge in [-0.05, 0) is 19.3 Å². The monoisotopic (exact) mass is 207 g/mol. The topological polar surface area (TPSA) is 53.1 Å². The molecule has 15 heavy (non-hydrogen) atoms. The number of aromatic nitrogens is 2. The van der Waals surface area contributed by atoms with E-state index in [1.807, 2.05) is 0 Å². The van der Waals surface area contributed by atoms with E-state index in [2.05, 4.69) is 15.7 Å². The summed E-state index contributed by atoms with van der Waals surface area (Å²) in [6.07, 6.45) is 5.52. The van der Waals surface area contributed by atoms with E-state index in [1.54, 1.807) is 0 Å². The van der Waals surface area contributed by atoms with Gasteiger partial charge in [0.2, 0.25) is 0 Å². The van der Waals surface area contributed by atoms with Crippen molar-refractivity contribution in [1.82, 2.24) is 9.55 Å². The molecular weight excluding hydrogens is 190 g/mol. The molecule has 1 saturated heterocycles. The van der Waals surface area contributed by atoms with Crippen molar-refractivity contribution in [2.75, 3.05) is 13.2 Å². The number of imidazole rings is 1. The van der Waals surface area contributed by atoms with Crippen molar-refractivity contribution in [2.24, 2.45) is 5.73 Å². The molecule has 0 spiro atoms. The maximum absolute atomic E-state index is 6.04. The first-order valence-corrected chi connectivity index (χ1v) is 5.75. The van der Waals surface area contributed by atoms with Crippen LogP contribution in [0.5, 0.6) is 0 Å². The predicted octanol–water partition coefficient (Wildman–Crippen LogP) is 1.18. The second-order valence-corrected chi connectivity index (χ2v) is 4.53. The van der Waals surface area contributed by atoms with Gasteiger partial charge in [-0.2, -0.15) is 0 Å². The number of rotatable bonds is 1. The van der Waals surface area contributed by atoms with Crippen LogP contribution in [0.4, 0.5) is 0 Å². The summed E-state index contributed by atoms with van der Waals surface area (Å²) < 4.78 is 7.61. The zero-order valence-electron chi connectivity index (χ0n) is 8.85. The highest BCUT2D eigenvalue weighted by atomic mass is 16.5. The molecule has 0 amide bonds. The van der Waals surface area contributed by atoms with E-state index >= 15 is 0 Å². The molecule has 2 atom stereocenters. The van der Waals surface area contributed by atoms with E-state index in [4.69, 9.17) is 10.5 Å². The van der Waals surface area contributed by atoms with Gasteiger partial charge in [0.1, 0.15) is 5.82 Å². The highest BCUT2D eigenvalue weighted by Gasteiger charge is 2.25. The van der Waals surface area contributed by atoms with Crippen LogP contribution in [0.1, 0.15) is 42.7 Å². The molecule has 2 N–H and O–H groups in total. The zero-order valence-corrected chi connectivity index (χ0v) is 8.85. The van der Waals surface area contributed by atoms with Gasteiger partial charge < -0.3 is 15.0 Å². The first-order valence-electron chi connectivity index (χ1n) is 5.75. The van der Waals surface area contributed by atoms with Crippen LogP contribution in [0.3, 0.4) is 0 Å². The molecule has 2 aliphatic heterocycles. The molecule has 0 radical (unpaired) electrons. The number of ether oxygens (including phenoxy) is 1. The number of nitrogens with zero attached hydrogens (tertiary/aromatic N) is 2. The van der Waals surface area contributed by atoms with Gasteiger partial charge in [-0.3, -0.25) is 0 Å². The molecule has 4 nitrogen and oxygen atoms in total. The lowest BCUT2D eigenvalue weighted by molar-refractivity contribution is 0.193. The first-order chi connectivity index (χ1) is 7.34. The highest BCUT2D eigenvalue weighted by Crippen LogP contribution is 2.28. The van der Waals surface area contributed by atoms with Crippen LogP contribution >= 0.6 is 0 Å². The molecule has 2 unspecified atom stereocenters. The Morgan fingerprint density at radius 2 is 2.40 bits per heavy atom. The Labute approximate surface area is 89.4 Å². The van der Waals surface area contributed by atoms with Crippen LogP contribution in [0.25, 0.3) is 0 Å². The van der Waals surface area contributed by atoms with Crippen LogP contribution in [0, 0.1) is 0 Å². The summed E-state index contributed by atoms with van der Waals surface area (Å²) in [4.78, 5) is 4.67. The van der Waals surface area contributed by atoms with Crippen LogP contribution in [-0.2, 0) is 11.3 Å². The number of aryl methyl sites for hydroxylation is 1. The molecule has 0 aliphatic carbocycles. The van der Waals surface area contributed by atoms with Crippen LogP contribution in [-0.4, -0.2) is 22.8 Å². The zero-order chi connectivity index (χ0) is 10.3. The Bertz CT molecular complexity index is 355. The largest absolute Gasteiger partial charge is 0.381 e. The SMILES string of the molecule is NC1CCCn2cc(C3CCOC3)nc21. The van der Waals surface area contributed by atoms with Gasteiger partial charge in [0, 0.05) is 25.3 Å². The molecule has 3 rings (SSSR count). The third kappa shape index (κ3) is 1.58. The van der Waals surface area contributed by atoms with Crippen LogP contribution in [0.15, 0.2) is 6.20 Å². The lowest BCUT2D eigenvalue weighted by Gasteiger charge is -2.19. The van der Waals surface area contributed by atoms with Gasteiger partial charge in [0.25, 0.3) is 0 Å². The summed E-state index contributed by atoms with van der Waals surface area (Å²) in [6.45, 7) is 2.77. The fraction of sp³-hybridized carbons (Fsp3) is 0.727. The minimum Gasteiger partial charge on any atom is -0.381 e. The van der Waals surface area contributed by atoms with Crippen molar-refractivity contribution in [3.63, 3.8) is 0 Å². The minimum atomic E-state index is 0.134. The van der Waals surface area contributed by atoms with E-state index in [1.165, 1.54) is 12.1 Å². The lowest BCUT2D eigenvalue weighted by Crippen LogP contribution is -2.21. The van der Waals surface area contributed by atoms with Crippen molar-refractivity contribution in [3.8, 4) is 0 Å². The van der Waals surface area contributed by atoms with E-state index in [-0.39, 0.29) is 6.04 Å². The van der Waals surface area contributed by atoms with Crippen molar-refractivity contribution < 1.29 is 4.74 Å². The Morgan fingerprint density at radius 3 is 3.13 bits per heavy atom. The molecule has 0 aromatic carbocycles. The summed E-state index contributed by atoms with van der Waals surface area (Å²) >= 11 is 0. The van der Waals surface area contributed by atoms with E-state index < -0.39 is 0 Å². The molecule has 82 valence electrons. The van der Waals surface area contributed by atoms with Gasteiger partial charge >= 0.3 is 0 Å². The number of nitrogens with two attached hydrogens (primary N) is 1. The van der Waals surface area contributed by atoms with E-state index in [0.29, 0.717) is 5.92 Å². The van der Waals surface area contributed by atoms with E-state index in [0.717, 1.165) is 38.4 Å². The fourth-order valence-corrected chi connectivity index (χ4v) is 2.50. The van der Waals surface area contributed by atoms with Crippen molar-refractivity contribution >= 4 is 0 Å². The van der Waals surface area contributed by atoms with Gasteiger partial charge in [-0.1, -0.05) is 0 Å². The smallest absolute Gasteiger partial charge is 0.125 e. The predicted molar refractivity (Wildman–Crippen MR) is 56.6 cm³/mol. The molecule has 3 heterocycles. The van der Waals surface area contributed by atoms with Crippen molar-refractivity contribution in [2.45, 2.75) is 37.8 Å². The van der Waals surface area contributed by atoms with Crippen LogP contribution in [0.2, 0.25) is 0 Å². The highest BCUT2D eigenvalue weighted by molar-refractivity contribution is 5.14. The average Bonchev–Trinajstić information content (AvgIpc) is 2.86. The molecule has 2 aliphatic rings. The summed E-state index contributed by atoms with van der Waals surface area (Å²) in [5.74, 6) is 1.57. The normalized spacial score (nSPS) is 30.5. The van der Waals surface area contributed by atoms with Crippen molar-refractivity contribution in [3.05, 3.63) is 17.7 Å². The summed E-state index contributed by atoms with van der Waals surface area (Å²) in [5, 5.41) is 0. The minimum absolute atomic E-state index is 0.134. The molecular formula is C11H17N3O. The first kappa shape index (κ1) is 9.36. The quantitative estimate of drug-likeness (QED) is 0.752.